The first kappa shape index (κ1) is 14.0. The van der Waals surface area contributed by atoms with Crippen LogP contribution in [0.3, 0.4) is 0 Å². The van der Waals surface area contributed by atoms with Crippen molar-refractivity contribution in [2.75, 3.05) is 13.1 Å². The minimum absolute atomic E-state index is 0.0828. The third-order valence-electron chi connectivity index (χ3n) is 4.16. The predicted molar refractivity (Wildman–Crippen MR) is 86.4 cm³/mol. The maximum atomic E-state index is 11.3. The summed E-state index contributed by atoms with van der Waals surface area (Å²) < 4.78 is 6.17. The Morgan fingerprint density at radius 2 is 2.13 bits per heavy atom. The molecule has 2 atom stereocenters. The predicted octanol–water partition coefficient (Wildman–Crippen LogP) is 1.30. The number of ether oxygens (including phenoxy) is 1. The van der Waals surface area contributed by atoms with Gasteiger partial charge in [-0.05, 0) is 17.5 Å². The monoisotopic (exact) mass is 311 g/mol. The fourth-order valence-electron chi connectivity index (χ4n) is 2.86. The van der Waals surface area contributed by atoms with E-state index in [0.29, 0.717) is 23.3 Å². The first-order valence-corrected chi connectivity index (χ1v) is 7.63. The van der Waals surface area contributed by atoms with Crippen LogP contribution >= 0.6 is 0 Å². The average Bonchev–Trinajstić information content (AvgIpc) is 3.16. The molecule has 0 unspecified atom stereocenters. The number of H-pyrrole nitrogens is 2. The lowest BCUT2D eigenvalue weighted by Gasteiger charge is -2.18. The van der Waals surface area contributed by atoms with E-state index in [1.165, 1.54) is 0 Å². The molecule has 0 aliphatic carbocycles. The summed E-state index contributed by atoms with van der Waals surface area (Å²) in [6.45, 7) is 3.90. The van der Waals surface area contributed by atoms with E-state index < -0.39 is 0 Å². The fraction of sp³-hybridized carbons (Fsp3) is 0.312. The molecule has 0 saturated carbocycles. The summed E-state index contributed by atoms with van der Waals surface area (Å²) >= 11 is 0. The third kappa shape index (κ3) is 2.59. The lowest BCUT2D eigenvalue weighted by molar-refractivity contribution is 0.178. The van der Waals surface area contributed by atoms with Crippen molar-refractivity contribution in [2.24, 2.45) is 5.92 Å². The number of benzene rings is 1. The minimum atomic E-state index is -0.356. The number of nitrogens with zero attached hydrogens (tertiary/aromatic N) is 2. The van der Waals surface area contributed by atoms with Crippen molar-refractivity contribution in [3.05, 3.63) is 40.8 Å². The quantitative estimate of drug-likeness (QED) is 0.677. The van der Waals surface area contributed by atoms with Gasteiger partial charge < -0.3 is 10.1 Å². The van der Waals surface area contributed by atoms with Gasteiger partial charge in [-0.25, -0.2) is 14.9 Å². The van der Waals surface area contributed by atoms with Crippen LogP contribution in [0.4, 0.5) is 0 Å². The fourth-order valence-corrected chi connectivity index (χ4v) is 2.86. The summed E-state index contributed by atoms with van der Waals surface area (Å²) in [6, 6.07) is 9.80. The number of hydrogen-bond acceptors (Lipinski definition) is 5. The van der Waals surface area contributed by atoms with E-state index in [4.69, 9.17) is 4.74 Å². The second kappa shape index (κ2) is 5.51. The molecule has 118 valence electrons. The molecule has 1 fully saturated rings. The van der Waals surface area contributed by atoms with Gasteiger partial charge in [-0.1, -0.05) is 25.1 Å². The van der Waals surface area contributed by atoms with Gasteiger partial charge in [-0.3, -0.25) is 4.98 Å². The molecule has 7 nitrogen and oxygen atoms in total. The summed E-state index contributed by atoms with van der Waals surface area (Å²) in [5.41, 5.74) is 0.224. The van der Waals surface area contributed by atoms with Crippen LogP contribution in [0.2, 0.25) is 0 Å². The molecule has 1 aliphatic heterocycles. The number of pyridine rings is 1. The van der Waals surface area contributed by atoms with Crippen molar-refractivity contribution in [1.82, 2.24) is 25.5 Å². The van der Waals surface area contributed by atoms with E-state index in [2.05, 4.69) is 32.4 Å². The third-order valence-corrected chi connectivity index (χ3v) is 4.16. The molecule has 7 heteroatoms. The zero-order valence-electron chi connectivity index (χ0n) is 12.7. The molecule has 1 aliphatic rings. The highest BCUT2D eigenvalue weighted by Gasteiger charge is 2.26. The first-order valence-electron chi connectivity index (χ1n) is 7.63. The van der Waals surface area contributed by atoms with Gasteiger partial charge in [-0.15, -0.1) is 0 Å². The molecule has 0 radical (unpaired) electrons. The van der Waals surface area contributed by atoms with Crippen LogP contribution in [-0.2, 0) is 0 Å². The molecular formula is C16H17N5O2. The maximum Gasteiger partial charge on any atom is 0.340 e. The molecule has 3 N–H and O–H groups in total. The highest BCUT2D eigenvalue weighted by atomic mass is 16.5. The average molecular weight is 311 g/mol. The van der Waals surface area contributed by atoms with Crippen molar-refractivity contribution < 1.29 is 4.74 Å². The van der Waals surface area contributed by atoms with Crippen LogP contribution in [-0.4, -0.2) is 39.4 Å². The Morgan fingerprint density at radius 1 is 1.26 bits per heavy atom. The largest absolute Gasteiger partial charge is 0.472 e. The van der Waals surface area contributed by atoms with E-state index in [0.717, 1.165) is 23.9 Å². The normalized spacial score (nSPS) is 20.9. The molecule has 3 aromatic rings. The van der Waals surface area contributed by atoms with Crippen molar-refractivity contribution >= 4 is 10.8 Å². The Kier molecular flexibility index (Phi) is 3.34. The number of aromatic nitrogens is 4. The molecular weight excluding hydrogens is 294 g/mol. The summed E-state index contributed by atoms with van der Waals surface area (Å²) in [6.07, 6.45) is 0.0828. The Bertz CT molecular complexity index is 901. The standard InChI is InChI=1S/C16H17N5O2/c1-9-7-17-8-13(9)23-15-11-5-3-2-4-10(11)6-12(18-15)14-19-16(22)21-20-14/h2-6,9,13,17H,7-8H2,1H3,(H2,19,20,21,22)/t9-,13-/m1/s1. The molecule has 1 saturated heterocycles. The Balaban J connectivity index is 1.82. The van der Waals surface area contributed by atoms with E-state index in [1.54, 1.807) is 0 Å². The van der Waals surface area contributed by atoms with Crippen LogP contribution in [0.25, 0.3) is 22.3 Å². The van der Waals surface area contributed by atoms with Crippen LogP contribution in [0, 0.1) is 5.92 Å². The Labute approximate surface area is 132 Å². The van der Waals surface area contributed by atoms with E-state index >= 15 is 0 Å². The van der Waals surface area contributed by atoms with E-state index in [-0.39, 0.29) is 11.8 Å². The molecule has 0 spiro atoms. The second-order valence-corrected chi connectivity index (χ2v) is 5.85. The van der Waals surface area contributed by atoms with Crippen LogP contribution in [0.1, 0.15) is 6.92 Å². The summed E-state index contributed by atoms with van der Waals surface area (Å²) in [4.78, 5) is 18.5. The number of nitrogens with one attached hydrogen (secondary N) is 3. The summed E-state index contributed by atoms with van der Waals surface area (Å²) in [5.74, 6) is 1.40. The lowest BCUT2D eigenvalue weighted by atomic mass is 10.1. The number of rotatable bonds is 3. The molecule has 4 rings (SSSR count). The van der Waals surface area contributed by atoms with Gasteiger partial charge in [0.25, 0.3) is 0 Å². The molecule has 0 amide bonds. The van der Waals surface area contributed by atoms with Gasteiger partial charge in [-0.2, -0.15) is 5.10 Å². The van der Waals surface area contributed by atoms with E-state index in [9.17, 15) is 4.79 Å². The number of hydrogen-bond donors (Lipinski definition) is 3. The van der Waals surface area contributed by atoms with Gasteiger partial charge in [0.05, 0.1) is 0 Å². The zero-order chi connectivity index (χ0) is 15.8. The van der Waals surface area contributed by atoms with Crippen LogP contribution < -0.4 is 15.7 Å². The summed E-state index contributed by atoms with van der Waals surface area (Å²) in [7, 11) is 0. The Morgan fingerprint density at radius 3 is 2.87 bits per heavy atom. The van der Waals surface area contributed by atoms with Gasteiger partial charge in [0, 0.05) is 24.4 Å². The maximum absolute atomic E-state index is 11.3. The second-order valence-electron chi connectivity index (χ2n) is 5.85. The minimum Gasteiger partial charge on any atom is -0.472 e. The van der Waals surface area contributed by atoms with Crippen molar-refractivity contribution in [2.45, 2.75) is 13.0 Å². The van der Waals surface area contributed by atoms with Gasteiger partial charge in [0.1, 0.15) is 11.8 Å². The van der Waals surface area contributed by atoms with Gasteiger partial charge >= 0.3 is 5.69 Å². The van der Waals surface area contributed by atoms with Crippen LogP contribution in [0.15, 0.2) is 35.1 Å². The van der Waals surface area contributed by atoms with Gasteiger partial charge in [0.2, 0.25) is 5.88 Å². The molecule has 0 bridgehead atoms. The van der Waals surface area contributed by atoms with E-state index in [1.807, 2.05) is 30.3 Å². The highest BCUT2D eigenvalue weighted by molar-refractivity contribution is 5.89. The number of fused-ring (bicyclic) bond motifs is 1. The summed E-state index contributed by atoms with van der Waals surface area (Å²) in [5, 5.41) is 11.6. The van der Waals surface area contributed by atoms with Crippen molar-refractivity contribution in [3.8, 4) is 17.4 Å². The highest BCUT2D eigenvalue weighted by Crippen LogP contribution is 2.29. The molecule has 3 heterocycles. The molecule has 2 aromatic heterocycles. The number of aromatic amines is 2. The molecule has 23 heavy (non-hydrogen) atoms. The lowest BCUT2D eigenvalue weighted by Crippen LogP contribution is -2.24. The topological polar surface area (TPSA) is 95.7 Å². The Hall–Kier alpha value is -2.67. The van der Waals surface area contributed by atoms with Crippen LogP contribution in [0.5, 0.6) is 5.88 Å². The molecule has 1 aromatic carbocycles. The zero-order valence-corrected chi connectivity index (χ0v) is 12.7. The van der Waals surface area contributed by atoms with Crippen molar-refractivity contribution in [3.63, 3.8) is 0 Å². The SMILES string of the molecule is C[C@@H]1CNC[C@H]1Oc1nc(-c2n[nH]c(=O)[nH]2)cc2ccccc12. The van der Waals surface area contributed by atoms with Crippen molar-refractivity contribution in [1.29, 1.82) is 0 Å². The smallest absolute Gasteiger partial charge is 0.340 e. The first-order chi connectivity index (χ1) is 11.2. The van der Waals surface area contributed by atoms with Gasteiger partial charge in [0.15, 0.2) is 5.82 Å².